The summed E-state index contributed by atoms with van der Waals surface area (Å²) in [6, 6.07) is 12.9. The maximum Gasteiger partial charge on any atom is 0.254 e. The summed E-state index contributed by atoms with van der Waals surface area (Å²) in [5, 5.41) is 3.47. The lowest BCUT2D eigenvalue weighted by Gasteiger charge is -2.33. The zero-order valence-corrected chi connectivity index (χ0v) is 24.8. The number of rotatable bonds is 15. The standard InChI is InChI=1S/C31H45N3O6/c1-22(2)34(31(36)24-11-12-28(39-6)29(17-24)40-14-8-13-37-4)21-26-19-32-18-25(26)20-33(3)30(35)16-23-9-7-10-27(15-23)38-5/h7,9-12,15,17,22,25-26,32H,8,13-14,16,18-21H2,1-6H3/t25-,26-/m0/s1. The second kappa shape index (κ2) is 15.5. The fraction of sp³-hybridized carbons (Fsp3) is 0.548. The molecule has 1 fully saturated rings. The summed E-state index contributed by atoms with van der Waals surface area (Å²) in [4.78, 5) is 30.4. The highest BCUT2D eigenvalue weighted by atomic mass is 16.5. The number of methoxy groups -OCH3 is 3. The predicted molar refractivity (Wildman–Crippen MR) is 155 cm³/mol. The molecule has 220 valence electrons. The quantitative estimate of drug-likeness (QED) is 0.337. The predicted octanol–water partition coefficient (Wildman–Crippen LogP) is 3.51. The van der Waals surface area contributed by atoms with Crippen LogP contribution in [0.4, 0.5) is 0 Å². The summed E-state index contributed by atoms with van der Waals surface area (Å²) in [5.41, 5.74) is 1.49. The van der Waals surface area contributed by atoms with Gasteiger partial charge in [0.25, 0.3) is 5.91 Å². The lowest BCUT2D eigenvalue weighted by atomic mass is 9.94. The molecule has 2 amide bonds. The fourth-order valence-electron chi connectivity index (χ4n) is 5.01. The van der Waals surface area contributed by atoms with E-state index in [0.29, 0.717) is 49.8 Å². The van der Waals surface area contributed by atoms with Crippen LogP contribution in [-0.2, 0) is 16.0 Å². The molecule has 0 spiro atoms. The molecule has 0 bridgehead atoms. The normalized spacial score (nSPS) is 16.6. The minimum Gasteiger partial charge on any atom is -0.497 e. The molecule has 0 saturated carbocycles. The summed E-state index contributed by atoms with van der Waals surface area (Å²) in [7, 11) is 6.72. The lowest BCUT2D eigenvalue weighted by molar-refractivity contribution is -0.129. The van der Waals surface area contributed by atoms with Crippen LogP contribution < -0.4 is 19.5 Å². The van der Waals surface area contributed by atoms with Crippen molar-refractivity contribution < 1.29 is 28.5 Å². The number of hydrogen-bond acceptors (Lipinski definition) is 7. The summed E-state index contributed by atoms with van der Waals surface area (Å²) in [6.45, 7) is 7.97. The molecule has 40 heavy (non-hydrogen) atoms. The monoisotopic (exact) mass is 555 g/mol. The Morgan fingerprint density at radius 2 is 1.70 bits per heavy atom. The molecule has 2 atom stereocenters. The third-order valence-electron chi connectivity index (χ3n) is 7.38. The SMILES string of the molecule is COCCCOc1cc(C(=O)N(C[C@@H]2CNC[C@H]2CN(C)C(=O)Cc2cccc(OC)c2)C(C)C)ccc1OC. The molecule has 9 heteroatoms. The minimum atomic E-state index is -0.0486. The summed E-state index contributed by atoms with van der Waals surface area (Å²) < 4.78 is 21.7. The molecule has 1 aliphatic heterocycles. The van der Waals surface area contributed by atoms with E-state index in [1.165, 1.54) is 0 Å². The molecule has 1 heterocycles. The van der Waals surface area contributed by atoms with E-state index in [2.05, 4.69) is 5.32 Å². The first-order valence-electron chi connectivity index (χ1n) is 14.0. The minimum absolute atomic E-state index is 0.00865. The number of benzene rings is 2. The summed E-state index contributed by atoms with van der Waals surface area (Å²) >= 11 is 0. The van der Waals surface area contributed by atoms with Crippen molar-refractivity contribution in [1.29, 1.82) is 0 Å². The number of likely N-dealkylation sites (N-methyl/N-ethyl adjacent to an activating group) is 1. The van der Waals surface area contributed by atoms with Crippen molar-refractivity contribution in [1.82, 2.24) is 15.1 Å². The van der Waals surface area contributed by atoms with Gasteiger partial charge in [-0.1, -0.05) is 12.1 Å². The van der Waals surface area contributed by atoms with Crippen molar-refractivity contribution in [2.75, 3.05) is 67.8 Å². The molecule has 1 aliphatic rings. The van der Waals surface area contributed by atoms with Crippen LogP contribution in [0.15, 0.2) is 42.5 Å². The van der Waals surface area contributed by atoms with Crippen molar-refractivity contribution in [3.8, 4) is 17.2 Å². The van der Waals surface area contributed by atoms with Gasteiger partial charge in [-0.25, -0.2) is 0 Å². The maximum absolute atomic E-state index is 13.7. The molecule has 0 aromatic heterocycles. The first-order chi connectivity index (χ1) is 19.3. The van der Waals surface area contributed by atoms with E-state index in [1.54, 1.807) is 39.5 Å². The Balaban J connectivity index is 1.65. The molecular formula is C31H45N3O6. The zero-order valence-electron chi connectivity index (χ0n) is 24.8. The van der Waals surface area contributed by atoms with Gasteiger partial charge in [-0.2, -0.15) is 0 Å². The van der Waals surface area contributed by atoms with Crippen molar-refractivity contribution in [3.05, 3.63) is 53.6 Å². The van der Waals surface area contributed by atoms with Crippen molar-refractivity contribution >= 4 is 11.8 Å². The Hall–Kier alpha value is -3.30. The first kappa shape index (κ1) is 31.2. The van der Waals surface area contributed by atoms with E-state index in [-0.39, 0.29) is 29.7 Å². The van der Waals surface area contributed by atoms with Crippen LogP contribution in [0.3, 0.4) is 0 Å². The molecule has 0 unspecified atom stereocenters. The fourth-order valence-corrected chi connectivity index (χ4v) is 5.01. The largest absolute Gasteiger partial charge is 0.497 e. The van der Waals surface area contributed by atoms with Crippen LogP contribution in [0.5, 0.6) is 17.2 Å². The highest BCUT2D eigenvalue weighted by Gasteiger charge is 2.33. The Kier molecular flexibility index (Phi) is 12.1. The third-order valence-corrected chi connectivity index (χ3v) is 7.38. The van der Waals surface area contributed by atoms with Gasteiger partial charge in [0.05, 0.1) is 27.2 Å². The third kappa shape index (κ3) is 8.60. The Bertz CT molecular complexity index is 1110. The van der Waals surface area contributed by atoms with Gasteiger partial charge >= 0.3 is 0 Å². The van der Waals surface area contributed by atoms with Gasteiger partial charge in [0.2, 0.25) is 5.91 Å². The van der Waals surface area contributed by atoms with Crippen molar-refractivity contribution in [3.63, 3.8) is 0 Å². The van der Waals surface area contributed by atoms with Gasteiger partial charge in [0.15, 0.2) is 11.5 Å². The number of nitrogens with one attached hydrogen (secondary N) is 1. The van der Waals surface area contributed by atoms with Gasteiger partial charge in [0.1, 0.15) is 5.75 Å². The number of carbonyl (C=O) groups is 2. The van der Waals surface area contributed by atoms with Gasteiger partial charge in [0, 0.05) is 65.0 Å². The molecule has 2 aromatic carbocycles. The molecule has 0 radical (unpaired) electrons. The van der Waals surface area contributed by atoms with Crippen LogP contribution in [-0.4, -0.2) is 95.4 Å². The van der Waals surface area contributed by atoms with Crippen molar-refractivity contribution in [2.45, 2.75) is 32.7 Å². The second-order valence-corrected chi connectivity index (χ2v) is 10.6. The highest BCUT2D eigenvalue weighted by Crippen LogP contribution is 2.30. The second-order valence-electron chi connectivity index (χ2n) is 10.6. The van der Waals surface area contributed by atoms with E-state index in [1.807, 2.05) is 55.0 Å². The summed E-state index contributed by atoms with van der Waals surface area (Å²) in [5.74, 6) is 2.36. The number of carbonyl (C=O) groups excluding carboxylic acids is 2. The number of ether oxygens (including phenoxy) is 4. The topological polar surface area (TPSA) is 89.6 Å². The molecule has 1 N–H and O–H groups in total. The average Bonchev–Trinajstić information content (AvgIpc) is 3.39. The van der Waals surface area contributed by atoms with Crippen LogP contribution in [0.1, 0.15) is 36.2 Å². The number of amides is 2. The van der Waals surface area contributed by atoms with Gasteiger partial charge in [-0.05, 0) is 61.6 Å². The number of hydrogen-bond donors (Lipinski definition) is 1. The molecule has 1 saturated heterocycles. The Morgan fingerprint density at radius 3 is 2.38 bits per heavy atom. The molecule has 0 aliphatic carbocycles. The van der Waals surface area contributed by atoms with Crippen LogP contribution in [0.2, 0.25) is 0 Å². The maximum atomic E-state index is 13.7. The van der Waals surface area contributed by atoms with E-state index < -0.39 is 0 Å². The van der Waals surface area contributed by atoms with Crippen LogP contribution in [0, 0.1) is 11.8 Å². The average molecular weight is 556 g/mol. The van der Waals surface area contributed by atoms with Crippen LogP contribution >= 0.6 is 0 Å². The Morgan fingerprint density at radius 1 is 0.950 bits per heavy atom. The van der Waals surface area contributed by atoms with Gasteiger partial charge in [-0.15, -0.1) is 0 Å². The smallest absolute Gasteiger partial charge is 0.254 e. The number of nitrogens with zero attached hydrogens (tertiary/aromatic N) is 2. The van der Waals surface area contributed by atoms with Gasteiger partial charge < -0.3 is 34.1 Å². The lowest BCUT2D eigenvalue weighted by Crippen LogP contribution is -2.44. The highest BCUT2D eigenvalue weighted by molar-refractivity contribution is 5.95. The van der Waals surface area contributed by atoms with E-state index in [9.17, 15) is 9.59 Å². The van der Waals surface area contributed by atoms with E-state index in [0.717, 1.165) is 30.8 Å². The van der Waals surface area contributed by atoms with Gasteiger partial charge in [-0.3, -0.25) is 9.59 Å². The summed E-state index contributed by atoms with van der Waals surface area (Å²) in [6.07, 6.45) is 1.06. The van der Waals surface area contributed by atoms with E-state index in [4.69, 9.17) is 18.9 Å². The molecular weight excluding hydrogens is 510 g/mol. The van der Waals surface area contributed by atoms with E-state index >= 15 is 0 Å². The first-order valence-corrected chi connectivity index (χ1v) is 14.0. The molecule has 9 nitrogen and oxygen atoms in total. The molecule has 3 rings (SSSR count). The zero-order chi connectivity index (χ0) is 29.1. The Labute approximate surface area is 238 Å². The molecule has 2 aromatic rings. The van der Waals surface area contributed by atoms with Crippen molar-refractivity contribution in [2.24, 2.45) is 11.8 Å². The van der Waals surface area contributed by atoms with Crippen LogP contribution in [0.25, 0.3) is 0 Å².